The summed E-state index contributed by atoms with van der Waals surface area (Å²) in [7, 11) is 0. The number of carbonyl (C=O) groups excluding carboxylic acids is 1. The van der Waals surface area contributed by atoms with Crippen LogP contribution in [0.25, 0.3) is 21.9 Å². The highest BCUT2D eigenvalue weighted by molar-refractivity contribution is 5.82. The Balaban J connectivity index is 1.41. The Labute approximate surface area is 157 Å². The fourth-order valence-corrected chi connectivity index (χ4v) is 3.51. The van der Waals surface area contributed by atoms with E-state index in [1.807, 2.05) is 41.2 Å². The van der Waals surface area contributed by atoms with Gasteiger partial charge < -0.3 is 9.88 Å². The summed E-state index contributed by atoms with van der Waals surface area (Å²) >= 11 is 0. The van der Waals surface area contributed by atoms with E-state index in [9.17, 15) is 4.79 Å². The second-order valence-corrected chi connectivity index (χ2v) is 6.66. The molecule has 2 heterocycles. The molecule has 0 aliphatic heterocycles. The lowest BCUT2D eigenvalue weighted by Crippen LogP contribution is -2.25. The summed E-state index contributed by atoms with van der Waals surface area (Å²) in [6.45, 7) is 5.97. The zero-order valence-corrected chi connectivity index (χ0v) is 15.6. The molecule has 6 nitrogen and oxygen atoms in total. The van der Waals surface area contributed by atoms with Gasteiger partial charge in [-0.1, -0.05) is 24.3 Å². The van der Waals surface area contributed by atoms with Crippen LogP contribution in [-0.2, 0) is 24.4 Å². The minimum absolute atomic E-state index is 0.000937. The molecule has 0 spiro atoms. The van der Waals surface area contributed by atoms with E-state index in [0.29, 0.717) is 19.5 Å². The molecule has 1 N–H and O–H groups in total. The van der Waals surface area contributed by atoms with Crippen molar-refractivity contribution in [3.05, 3.63) is 60.0 Å². The third-order valence-corrected chi connectivity index (χ3v) is 4.95. The Morgan fingerprint density at radius 3 is 2.78 bits per heavy atom. The van der Waals surface area contributed by atoms with Crippen molar-refractivity contribution in [2.45, 2.75) is 39.9 Å². The van der Waals surface area contributed by atoms with Crippen molar-refractivity contribution < 1.29 is 4.79 Å². The van der Waals surface area contributed by atoms with Crippen molar-refractivity contribution in [2.75, 3.05) is 0 Å². The number of imidazole rings is 1. The largest absolute Gasteiger partial charge is 0.349 e. The Morgan fingerprint density at radius 2 is 1.93 bits per heavy atom. The van der Waals surface area contributed by atoms with Crippen molar-refractivity contribution in [3.63, 3.8) is 0 Å². The van der Waals surface area contributed by atoms with E-state index in [0.717, 1.165) is 34.3 Å². The van der Waals surface area contributed by atoms with E-state index in [4.69, 9.17) is 0 Å². The van der Waals surface area contributed by atoms with Crippen LogP contribution in [0.15, 0.2) is 48.7 Å². The lowest BCUT2D eigenvalue weighted by atomic mass is 10.1. The van der Waals surface area contributed by atoms with Gasteiger partial charge in [0.2, 0.25) is 5.91 Å². The molecule has 0 radical (unpaired) electrons. The summed E-state index contributed by atoms with van der Waals surface area (Å²) in [6.07, 6.45) is 2.25. The minimum atomic E-state index is 0.000937. The minimum Gasteiger partial charge on any atom is -0.349 e. The van der Waals surface area contributed by atoms with Gasteiger partial charge in [0.25, 0.3) is 0 Å². The predicted octanol–water partition coefficient (Wildman–Crippen LogP) is 3.42. The van der Waals surface area contributed by atoms with Gasteiger partial charge in [-0.25, -0.2) is 4.98 Å². The maximum Gasteiger partial charge on any atom is 0.222 e. The highest BCUT2D eigenvalue weighted by Crippen LogP contribution is 2.18. The number of para-hydroxylation sites is 2. The average molecular weight is 361 g/mol. The van der Waals surface area contributed by atoms with Crippen LogP contribution in [-0.4, -0.2) is 25.2 Å². The smallest absolute Gasteiger partial charge is 0.222 e. The first kappa shape index (κ1) is 17.3. The zero-order chi connectivity index (χ0) is 18.8. The van der Waals surface area contributed by atoms with Crippen LogP contribution < -0.4 is 5.32 Å². The van der Waals surface area contributed by atoms with Gasteiger partial charge >= 0.3 is 0 Å². The number of amides is 1. The van der Waals surface area contributed by atoms with Gasteiger partial charge in [-0.3, -0.25) is 9.48 Å². The molecule has 0 saturated heterocycles. The lowest BCUT2D eigenvalue weighted by Gasteiger charge is -2.08. The number of nitrogens with zero attached hydrogens (tertiary/aromatic N) is 4. The molecular weight excluding hydrogens is 338 g/mol. The number of fused-ring (bicyclic) bond motifs is 2. The normalized spacial score (nSPS) is 11.3. The quantitative estimate of drug-likeness (QED) is 0.572. The number of hydrogen-bond donors (Lipinski definition) is 1. The Kier molecular flexibility index (Phi) is 4.62. The van der Waals surface area contributed by atoms with Gasteiger partial charge in [0.1, 0.15) is 5.82 Å². The molecular formula is C21H23N5O. The van der Waals surface area contributed by atoms with Gasteiger partial charge in [-0.2, -0.15) is 5.10 Å². The van der Waals surface area contributed by atoms with Crippen LogP contribution >= 0.6 is 0 Å². The fraction of sp³-hybridized carbons (Fsp3) is 0.286. The highest BCUT2D eigenvalue weighted by atomic mass is 16.1. The number of aryl methyl sites for hydroxylation is 3. The number of aromatic nitrogens is 4. The summed E-state index contributed by atoms with van der Waals surface area (Å²) in [4.78, 5) is 17.0. The molecule has 1 amide bonds. The van der Waals surface area contributed by atoms with E-state index < -0.39 is 0 Å². The Bertz CT molecular complexity index is 1110. The SMILES string of the molecule is CCn1c(CNC(=O)CCn2ncc3c(C)cccc32)nc2ccccc21. The molecule has 0 unspecified atom stereocenters. The van der Waals surface area contributed by atoms with Crippen molar-refractivity contribution in [3.8, 4) is 0 Å². The highest BCUT2D eigenvalue weighted by Gasteiger charge is 2.11. The van der Waals surface area contributed by atoms with Crippen molar-refractivity contribution in [2.24, 2.45) is 0 Å². The number of rotatable bonds is 6. The predicted molar refractivity (Wildman–Crippen MR) is 106 cm³/mol. The number of nitrogens with one attached hydrogen (secondary N) is 1. The fourth-order valence-electron chi connectivity index (χ4n) is 3.51. The molecule has 0 atom stereocenters. The summed E-state index contributed by atoms with van der Waals surface area (Å²) in [5.74, 6) is 0.883. The molecule has 0 fully saturated rings. The van der Waals surface area contributed by atoms with Crippen LogP contribution in [0.5, 0.6) is 0 Å². The molecule has 4 rings (SSSR count). The molecule has 138 valence electrons. The second kappa shape index (κ2) is 7.23. The van der Waals surface area contributed by atoms with Crippen LogP contribution in [0, 0.1) is 6.92 Å². The molecule has 0 aliphatic carbocycles. The van der Waals surface area contributed by atoms with E-state index in [2.05, 4.69) is 45.9 Å². The number of carbonyl (C=O) groups is 1. The van der Waals surface area contributed by atoms with Crippen LogP contribution in [0.2, 0.25) is 0 Å². The Hall–Kier alpha value is -3.15. The second-order valence-electron chi connectivity index (χ2n) is 6.66. The van der Waals surface area contributed by atoms with Crippen LogP contribution in [0.3, 0.4) is 0 Å². The molecule has 2 aromatic carbocycles. The summed E-state index contributed by atoms with van der Waals surface area (Å²) in [6, 6.07) is 14.2. The van der Waals surface area contributed by atoms with Crippen molar-refractivity contribution in [1.82, 2.24) is 24.6 Å². The van der Waals surface area contributed by atoms with E-state index in [-0.39, 0.29) is 5.91 Å². The first-order chi connectivity index (χ1) is 13.2. The topological polar surface area (TPSA) is 64.7 Å². The molecule has 6 heteroatoms. The van der Waals surface area contributed by atoms with Gasteiger partial charge in [0.05, 0.1) is 35.8 Å². The molecule has 4 aromatic rings. The van der Waals surface area contributed by atoms with Gasteiger partial charge in [-0.05, 0) is 37.6 Å². The first-order valence-corrected chi connectivity index (χ1v) is 9.29. The molecule has 27 heavy (non-hydrogen) atoms. The van der Waals surface area contributed by atoms with Crippen molar-refractivity contribution >= 4 is 27.8 Å². The summed E-state index contributed by atoms with van der Waals surface area (Å²) < 4.78 is 4.03. The van der Waals surface area contributed by atoms with Crippen LogP contribution in [0.4, 0.5) is 0 Å². The summed E-state index contributed by atoms with van der Waals surface area (Å²) in [5, 5.41) is 8.55. The number of benzene rings is 2. The van der Waals surface area contributed by atoms with Crippen molar-refractivity contribution in [1.29, 1.82) is 0 Å². The maximum absolute atomic E-state index is 12.3. The van der Waals surface area contributed by atoms with E-state index in [1.165, 1.54) is 5.56 Å². The lowest BCUT2D eigenvalue weighted by molar-refractivity contribution is -0.121. The van der Waals surface area contributed by atoms with Gasteiger partial charge in [-0.15, -0.1) is 0 Å². The monoisotopic (exact) mass is 361 g/mol. The summed E-state index contributed by atoms with van der Waals surface area (Å²) in [5.41, 5.74) is 4.32. The molecule has 0 saturated carbocycles. The van der Waals surface area contributed by atoms with Gasteiger partial charge in [0, 0.05) is 18.4 Å². The standard InChI is InChI=1S/C21H23N5O/c1-3-25-19-9-5-4-8-17(19)24-20(25)14-22-21(27)11-12-26-18-10-6-7-15(2)16(18)13-23-26/h4-10,13H,3,11-12,14H2,1-2H3,(H,22,27). The van der Waals surface area contributed by atoms with E-state index in [1.54, 1.807) is 0 Å². The van der Waals surface area contributed by atoms with Gasteiger partial charge in [0.15, 0.2) is 0 Å². The molecule has 0 aliphatic rings. The average Bonchev–Trinajstić information content (AvgIpc) is 3.26. The Morgan fingerprint density at radius 1 is 1.11 bits per heavy atom. The maximum atomic E-state index is 12.3. The van der Waals surface area contributed by atoms with E-state index >= 15 is 0 Å². The third-order valence-electron chi connectivity index (χ3n) is 4.95. The third kappa shape index (κ3) is 3.30. The number of hydrogen-bond acceptors (Lipinski definition) is 3. The first-order valence-electron chi connectivity index (χ1n) is 9.29. The molecule has 2 aromatic heterocycles. The van der Waals surface area contributed by atoms with Crippen LogP contribution in [0.1, 0.15) is 24.7 Å². The zero-order valence-electron chi connectivity index (χ0n) is 15.6. The molecule has 0 bridgehead atoms.